The van der Waals surface area contributed by atoms with E-state index in [4.69, 9.17) is 5.73 Å². The van der Waals surface area contributed by atoms with E-state index in [1.807, 2.05) is 17.8 Å². The second kappa shape index (κ2) is 6.53. The SMILES string of the molecule is Cc1nn(C2CCC(CO)CC2)cc1-c1nn2cccnc2c1C(N)=O. The third-order valence-corrected chi connectivity index (χ3v) is 5.26. The molecule has 136 valence electrons. The first-order chi connectivity index (χ1) is 12.6. The van der Waals surface area contributed by atoms with Gasteiger partial charge in [-0.25, -0.2) is 9.50 Å². The minimum Gasteiger partial charge on any atom is -0.396 e. The van der Waals surface area contributed by atoms with Gasteiger partial charge in [0.1, 0.15) is 11.3 Å². The third kappa shape index (κ3) is 2.76. The van der Waals surface area contributed by atoms with Gasteiger partial charge in [0.15, 0.2) is 5.65 Å². The molecule has 0 atom stereocenters. The lowest BCUT2D eigenvalue weighted by atomic mass is 9.87. The molecule has 0 radical (unpaired) electrons. The van der Waals surface area contributed by atoms with E-state index < -0.39 is 5.91 Å². The van der Waals surface area contributed by atoms with Gasteiger partial charge in [0.2, 0.25) is 0 Å². The average molecular weight is 354 g/mol. The molecule has 3 aromatic rings. The van der Waals surface area contributed by atoms with Crippen molar-refractivity contribution < 1.29 is 9.90 Å². The monoisotopic (exact) mass is 354 g/mol. The van der Waals surface area contributed by atoms with Crippen LogP contribution >= 0.6 is 0 Å². The minimum atomic E-state index is -0.552. The van der Waals surface area contributed by atoms with Crippen molar-refractivity contribution in [3.63, 3.8) is 0 Å². The van der Waals surface area contributed by atoms with Gasteiger partial charge < -0.3 is 10.8 Å². The number of aliphatic hydroxyl groups is 1. The topological polar surface area (TPSA) is 111 Å². The van der Waals surface area contributed by atoms with Gasteiger partial charge in [-0.2, -0.15) is 10.2 Å². The lowest BCUT2D eigenvalue weighted by molar-refractivity contribution is 0.100. The van der Waals surface area contributed by atoms with Crippen LogP contribution in [0.2, 0.25) is 0 Å². The molecule has 0 aliphatic heterocycles. The number of nitrogens with two attached hydrogens (primary N) is 1. The molecule has 26 heavy (non-hydrogen) atoms. The fourth-order valence-electron chi connectivity index (χ4n) is 3.80. The van der Waals surface area contributed by atoms with Crippen molar-refractivity contribution in [3.05, 3.63) is 35.9 Å². The fraction of sp³-hybridized carbons (Fsp3) is 0.444. The van der Waals surface area contributed by atoms with Crippen molar-refractivity contribution in [2.24, 2.45) is 11.7 Å². The van der Waals surface area contributed by atoms with Gasteiger partial charge in [-0.3, -0.25) is 9.48 Å². The number of amides is 1. The van der Waals surface area contributed by atoms with Crippen molar-refractivity contribution in [1.82, 2.24) is 24.4 Å². The van der Waals surface area contributed by atoms with Gasteiger partial charge in [-0.1, -0.05) is 0 Å². The number of nitrogens with zero attached hydrogens (tertiary/aromatic N) is 5. The molecule has 0 bridgehead atoms. The molecular weight excluding hydrogens is 332 g/mol. The Morgan fingerprint density at radius 1 is 1.31 bits per heavy atom. The van der Waals surface area contributed by atoms with Crippen LogP contribution in [0.1, 0.15) is 47.8 Å². The molecule has 1 aliphatic carbocycles. The number of fused-ring (bicyclic) bond motifs is 1. The number of aliphatic hydroxyl groups excluding tert-OH is 1. The molecule has 4 rings (SSSR count). The molecule has 3 aromatic heterocycles. The van der Waals surface area contributed by atoms with Crippen LogP contribution in [0.4, 0.5) is 0 Å². The molecule has 1 amide bonds. The Morgan fingerprint density at radius 2 is 2.08 bits per heavy atom. The highest BCUT2D eigenvalue weighted by Crippen LogP contribution is 2.34. The Labute approximate surface area is 150 Å². The van der Waals surface area contributed by atoms with Crippen molar-refractivity contribution >= 4 is 11.6 Å². The van der Waals surface area contributed by atoms with E-state index in [0.717, 1.165) is 36.9 Å². The van der Waals surface area contributed by atoms with Crippen LogP contribution in [-0.4, -0.2) is 42.0 Å². The second-order valence-electron chi connectivity index (χ2n) is 6.94. The summed E-state index contributed by atoms with van der Waals surface area (Å²) >= 11 is 0. The molecule has 0 spiro atoms. The molecule has 1 saturated carbocycles. The molecular formula is C18H22N6O2. The van der Waals surface area contributed by atoms with Gasteiger partial charge in [-0.05, 0) is 44.6 Å². The van der Waals surface area contributed by atoms with Crippen LogP contribution in [0.15, 0.2) is 24.7 Å². The van der Waals surface area contributed by atoms with Gasteiger partial charge in [0.25, 0.3) is 5.91 Å². The van der Waals surface area contributed by atoms with Crippen LogP contribution in [0, 0.1) is 12.8 Å². The van der Waals surface area contributed by atoms with E-state index in [1.54, 1.807) is 23.0 Å². The summed E-state index contributed by atoms with van der Waals surface area (Å²) in [5, 5.41) is 18.5. The maximum absolute atomic E-state index is 12.0. The van der Waals surface area contributed by atoms with E-state index in [9.17, 15) is 9.90 Å². The lowest BCUT2D eigenvalue weighted by Crippen LogP contribution is -2.20. The Kier molecular flexibility index (Phi) is 4.20. The summed E-state index contributed by atoms with van der Waals surface area (Å²) in [4.78, 5) is 16.3. The van der Waals surface area contributed by atoms with Crippen molar-refractivity contribution in [2.75, 3.05) is 6.61 Å². The molecule has 1 aliphatic rings. The Morgan fingerprint density at radius 3 is 2.77 bits per heavy atom. The van der Waals surface area contributed by atoms with Gasteiger partial charge in [-0.15, -0.1) is 0 Å². The van der Waals surface area contributed by atoms with Gasteiger partial charge in [0.05, 0.1) is 11.7 Å². The number of hydrogen-bond acceptors (Lipinski definition) is 5. The Balaban J connectivity index is 1.73. The molecule has 1 fully saturated rings. The lowest BCUT2D eigenvalue weighted by Gasteiger charge is -2.27. The zero-order chi connectivity index (χ0) is 18.3. The van der Waals surface area contributed by atoms with Crippen LogP contribution in [0.5, 0.6) is 0 Å². The summed E-state index contributed by atoms with van der Waals surface area (Å²) in [7, 11) is 0. The van der Waals surface area contributed by atoms with Crippen LogP contribution in [0.25, 0.3) is 16.9 Å². The summed E-state index contributed by atoms with van der Waals surface area (Å²) in [6.45, 7) is 2.17. The molecule has 0 aromatic carbocycles. The summed E-state index contributed by atoms with van der Waals surface area (Å²) in [5.74, 6) is -0.155. The number of carbonyl (C=O) groups is 1. The number of aromatic nitrogens is 5. The highest BCUT2D eigenvalue weighted by Gasteiger charge is 2.26. The fourth-order valence-corrected chi connectivity index (χ4v) is 3.80. The van der Waals surface area contributed by atoms with Crippen LogP contribution in [0.3, 0.4) is 0 Å². The predicted octanol–water partition coefficient (Wildman–Crippen LogP) is 1.72. The summed E-state index contributed by atoms with van der Waals surface area (Å²) in [5.41, 5.74) is 8.50. The van der Waals surface area contributed by atoms with Crippen molar-refractivity contribution in [1.29, 1.82) is 0 Å². The van der Waals surface area contributed by atoms with Gasteiger partial charge in [0, 0.05) is 30.8 Å². The molecule has 8 nitrogen and oxygen atoms in total. The second-order valence-corrected chi connectivity index (χ2v) is 6.94. The maximum Gasteiger partial charge on any atom is 0.254 e. The first kappa shape index (κ1) is 16.7. The summed E-state index contributed by atoms with van der Waals surface area (Å²) in [6.07, 6.45) is 9.29. The number of hydrogen-bond donors (Lipinski definition) is 2. The van der Waals surface area contributed by atoms with Crippen LogP contribution in [-0.2, 0) is 0 Å². The van der Waals surface area contributed by atoms with E-state index in [-0.39, 0.29) is 6.61 Å². The Bertz CT molecular complexity index is 952. The predicted molar refractivity (Wildman–Crippen MR) is 95.5 cm³/mol. The minimum absolute atomic E-state index is 0.256. The van der Waals surface area contributed by atoms with Crippen LogP contribution < -0.4 is 5.73 Å². The summed E-state index contributed by atoms with van der Waals surface area (Å²) < 4.78 is 3.54. The van der Waals surface area contributed by atoms with Crippen molar-refractivity contribution in [2.45, 2.75) is 38.6 Å². The maximum atomic E-state index is 12.0. The molecule has 3 heterocycles. The normalized spacial score (nSPS) is 20.5. The van der Waals surface area contributed by atoms with Crippen molar-refractivity contribution in [3.8, 4) is 11.3 Å². The first-order valence-electron chi connectivity index (χ1n) is 8.88. The van der Waals surface area contributed by atoms with E-state index in [1.165, 1.54) is 0 Å². The average Bonchev–Trinajstić information content (AvgIpc) is 3.22. The molecule has 0 unspecified atom stereocenters. The number of carbonyl (C=O) groups excluding carboxylic acids is 1. The highest BCUT2D eigenvalue weighted by molar-refractivity contribution is 6.04. The first-order valence-corrected chi connectivity index (χ1v) is 8.88. The van der Waals surface area contributed by atoms with Gasteiger partial charge >= 0.3 is 0 Å². The smallest absolute Gasteiger partial charge is 0.254 e. The van der Waals surface area contributed by atoms with E-state index >= 15 is 0 Å². The zero-order valence-electron chi connectivity index (χ0n) is 14.7. The standard InChI is InChI=1S/C18H22N6O2/c1-11-14(9-24(21-11)13-5-3-12(10-25)4-6-13)16-15(17(19)26)18-20-7-2-8-23(18)22-16/h2,7-9,12-13,25H,3-6,10H2,1H3,(H2,19,26). The third-order valence-electron chi connectivity index (χ3n) is 5.26. The van der Waals surface area contributed by atoms with E-state index in [0.29, 0.717) is 28.9 Å². The molecule has 0 saturated heterocycles. The van der Waals surface area contributed by atoms with E-state index in [2.05, 4.69) is 15.2 Å². The zero-order valence-corrected chi connectivity index (χ0v) is 14.7. The number of rotatable bonds is 4. The highest BCUT2D eigenvalue weighted by atomic mass is 16.3. The Hall–Kier alpha value is -2.74. The molecule has 3 N–H and O–H groups in total. The largest absolute Gasteiger partial charge is 0.396 e. The quantitative estimate of drug-likeness (QED) is 0.741. The number of aryl methyl sites for hydroxylation is 1. The molecule has 8 heteroatoms. The number of primary amides is 1. The summed E-state index contributed by atoms with van der Waals surface area (Å²) in [6, 6.07) is 2.06.